The Bertz CT molecular complexity index is 1130. The van der Waals surface area contributed by atoms with Crippen LogP contribution in [0.3, 0.4) is 0 Å². The number of aromatic nitrogens is 1. The van der Waals surface area contributed by atoms with Crippen molar-refractivity contribution in [2.24, 2.45) is 16.8 Å². The van der Waals surface area contributed by atoms with Crippen LogP contribution in [-0.2, 0) is 6.42 Å². The van der Waals surface area contributed by atoms with Crippen molar-refractivity contribution >= 4 is 17.2 Å². The summed E-state index contributed by atoms with van der Waals surface area (Å²) in [5.41, 5.74) is 8.61. The third kappa shape index (κ3) is 7.71. The van der Waals surface area contributed by atoms with Gasteiger partial charge in [-0.05, 0) is 80.1 Å². The minimum Gasteiger partial charge on any atom is -0.494 e. The zero-order chi connectivity index (χ0) is 26.0. The SMILES string of the molecule is CC(C)c1nc(-c2ccc(OCCCCCOc3ccc(/C(N)=N/O)cc3)cc2)c(CC2CCCC2)s1. The fraction of sp³-hybridized carbons (Fsp3) is 0.467. The van der Waals surface area contributed by atoms with Gasteiger partial charge in [0.15, 0.2) is 5.84 Å². The van der Waals surface area contributed by atoms with Gasteiger partial charge in [0.2, 0.25) is 0 Å². The van der Waals surface area contributed by atoms with Gasteiger partial charge in [-0.2, -0.15) is 0 Å². The molecule has 1 heterocycles. The molecule has 0 unspecified atom stereocenters. The quantitative estimate of drug-likeness (QED) is 0.0805. The van der Waals surface area contributed by atoms with Crippen molar-refractivity contribution in [1.29, 1.82) is 0 Å². The summed E-state index contributed by atoms with van der Waals surface area (Å²) in [6.45, 7) is 5.80. The summed E-state index contributed by atoms with van der Waals surface area (Å²) in [4.78, 5) is 6.49. The normalized spacial score (nSPS) is 14.4. The molecule has 1 aliphatic carbocycles. The molecule has 1 aliphatic rings. The van der Waals surface area contributed by atoms with Crippen molar-refractivity contribution in [3.05, 3.63) is 64.0 Å². The third-order valence-electron chi connectivity index (χ3n) is 6.87. The molecule has 4 rings (SSSR count). The first-order valence-electron chi connectivity index (χ1n) is 13.5. The second-order valence-corrected chi connectivity index (χ2v) is 11.2. The van der Waals surface area contributed by atoms with Crippen LogP contribution in [0.1, 0.15) is 80.2 Å². The third-order valence-corrected chi connectivity index (χ3v) is 8.25. The number of rotatable bonds is 13. The molecule has 0 atom stereocenters. The maximum atomic E-state index is 8.72. The molecular formula is C30H39N3O3S. The molecule has 37 heavy (non-hydrogen) atoms. The van der Waals surface area contributed by atoms with Gasteiger partial charge in [0.1, 0.15) is 11.5 Å². The van der Waals surface area contributed by atoms with Crippen molar-refractivity contribution in [3.8, 4) is 22.8 Å². The number of nitrogens with zero attached hydrogens (tertiary/aromatic N) is 2. The summed E-state index contributed by atoms with van der Waals surface area (Å²) in [5.74, 6) is 3.05. The lowest BCUT2D eigenvalue weighted by atomic mass is 10.0. The van der Waals surface area contributed by atoms with Gasteiger partial charge >= 0.3 is 0 Å². The summed E-state index contributed by atoms with van der Waals surface area (Å²) in [6, 6.07) is 15.7. The van der Waals surface area contributed by atoms with Gasteiger partial charge in [0.25, 0.3) is 0 Å². The van der Waals surface area contributed by atoms with Crippen LogP contribution in [0.5, 0.6) is 11.5 Å². The van der Waals surface area contributed by atoms with Gasteiger partial charge in [0, 0.05) is 21.9 Å². The maximum absolute atomic E-state index is 8.72. The number of oxime groups is 1. The van der Waals surface area contributed by atoms with Crippen LogP contribution in [0.4, 0.5) is 0 Å². The molecular weight excluding hydrogens is 482 g/mol. The second-order valence-electron chi connectivity index (χ2n) is 10.1. The van der Waals surface area contributed by atoms with Crippen LogP contribution in [0.2, 0.25) is 0 Å². The average molecular weight is 522 g/mol. The smallest absolute Gasteiger partial charge is 0.170 e. The van der Waals surface area contributed by atoms with E-state index >= 15 is 0 Å². The average Bonchev–Trinajstić information content (AvgIpc) is 3.59. The van der Waals surface area contributed by atoms with E-state index < -0.39 is 0 Å². The van der Waals surface area contributed by atoms with E-state index in [0.29, 0.717) is 24.7 Å². The van der Waals surface area contributed by atoms with Gasteiger partial charge in [-0.15, -0.1) is 11.3 Å². The Labute approximate surface area is 224 Å². The van der Waals surface area contributed by atoms with Gasteiger partial charge in [-0.25, -0.2) is 4.98 Å². The molecule has 0 saturated heterocycles. The van der Waals surface area contributed by atoms with E-state index in [9.17, 15) is 0 Å². The molecule has 2 aromatic carbocycles. The zero-order valence-electron chi connectivity index (χ0n) is 22.0. The summed E-state index contributed by atoms with van der Waals surface area (Å²) in [7, 11) is 0. The predicted molar refractivity (Wildman–Crippen MR) is 151 cm³/mol. The minimum absolute atomic E-state index is 0.0913. The molecule has 1 saturated carbocycles. The fourth-order valence-electron chi connectivity index (χ4n) is 4.71. The van der Waals surface area contributed by atoms with Gasteiger partial charge in [0.05, 0.1) is 23.9 Å². The van der Waals surface area contributed by atoms with Gasteiger partial charge in [-0.3, -0.25) is 0 Å². The molecule has 3 aromatic rings. The van der Waals surface area contributed by atoms with E-state index in [1.165, 1.54) is 53.2 Å². The Morgan fingerprint density at radius 3 is 2.14 bits per heavy atom. The van der Waals surface area contributed by atoms with Crippen molar-refractivity contribution < 1.29 is 14.7 Å². The zero-order valence-corrected chi connectivity index (χ0v) is 22.8. The van der Waals surface area contributed by atoms with Crippen LogP contribution in [0.25, 0.3) is 11.3 Å². The molecule has 1 fully saturated rings. The van der Waals surface area contributed by atoms with E-state index in [-0.39, 0.29) is 5.84 Å². The first-order valence-corrected chi connectivity index (χ1v) is 14.3. The number of benzene rings is 2. The summed E-state index contributed by atoms with van der Waals surface area (Å²) in [5, 5.41) is 13.0. The Kier molecular flexibility index (Phi) is 9.83. The molecule has 3 N–H and O–H groups in total. The predicted octanol–water partition coefficient (Wildman–Crippen LogP) is 7.39. The molecule has 0 radical (unpaired) electrons. The number of hydrogen-bond acceptors (Lipinski definition) is 6. The first kappa shape index (κ1) is 27.0. The molecule has 0 aliphatic heterocycles. The lowest BCUT2D eigenvalue weighted by molar-refractivity contribution is 0.279. The van der Waals surface area contributed by atoms with Crippen molar-refractivity contribution in [2.75, 3.05) is 13.2 Å². The number of ether oxygens (including phenoxy) is 2. The van der Waals surface area contributed by atoms with E-state index in [2.05, 4.69) is 43.3 Å². The minimum atomic E-state index is 0.0913. The molecule has 0 spiro atoms. The van der Waals surface area contributed by atoms with Crippen LogP contribution in [-0.4, -0.2) is 29.2 Å². The summed E-state index contributed by atoms with van der Waals surface area (Å²) >= 11 is 1.91. The molecule has 0 bridgehead atoms. The van der Waals surface area contributed by atoms with Crippen LogP contribution in [0.15, 0.2) is 53.7 Å². The standard InChI is InChI=1S/C30H39N3O3S/c1-21(2)30-32-28(27(37-30)20-22-8-4-5-9-22)23-10-14-25(15-11-23)35-18-6-3-7-19-36-26-16-12-24(13-17-26)29(31)33-34/h10-17,21-22,34H,3-9,18-20H2,1-2H3,(H2,31,33). The lowest BCUT2D eigenvalue weighted by Crippen LogP contribution is -2.12. The van der Waals surface area contributed by atoms with E-state index in [0.717, 1.165) is 36.7 Å². The Hall–Kier alpha value is -3.06. The molecule has 1 aromatic heterocycles. The maximum Gasteiger partial charge on any atom is 0.170 e. The van der Waals surface area contributed by atoms with Gasteiger partial charge in [-0.1, -0.05) is 44.7 Å². The number of thiazole rings is 1. The highest BCUT2D eigenvalue weighted by Crippen LogP contribution is 2.37. The Balaban J connectivity index is 1.20. The number of nitrogens with two attached hydrogens (primary N) is 1. The Morgan fingerprint density at radius 1 is 0.973 bits per heavy atom. The van der Waals surface area contributed by atoms with Crippen LogP contribution < -0.4 is 15.2 Å². The largest absolute Gasteiger partial charge is 0.494 e. The van der Waals surface area contributed by atoms with Crippen LogP contribution >= 0.6 is 11.3 Å². The lowest BCUT2D eigenvalue weighted by Gasteiger charge is -2.10. The molecule has 7 heteroatoms. The second kappa shape index (κ2) is 13.5. The molecule has 6 nitrogen and oxygen atoms in total. The van der Waals surface area contributed by atoms with E-state index in [4.69, 9.17) is 25.4 Å². The topological polar surface area (TPSA) is 90.0 Å². The summed E-state index contributed by atoms with van der Waals surface area (Å²) in [6.07, 6.45) is 9.59. The van der Waals surface area contributed by atoms with Crippen molar-refractivity contribution in [1.82, 2.24) is 4.98 Å². The van der Waals surface area contributed by atoms with Crippen molar-refractivity contribution in [2.45, 2.75) is 71.1 Å². The highest BCUT2D eigenvalue weighted by molar-refractivity contribution is 7.12. The summed E-state index contributed by atoms with van der Waals surface area (Å²) < 4.78 is 11.8. The van der Waals surface area contributed by atoms with E-state index in [1.54, 1.807) is 12.1 Å². The highest BCUT2D eigenvalue weighted by atomic mass is 32.1. The van der Waals surface area contributed by atoms with Crippen LogP contribution in [0, 0.1) is 5.92 Å². The van der Waals surface area contributed by atoms with Gasteiger partial charge < -0.3 is 20.4 Å². The molecule has 198 valence electrons. The number of unbranched alkanes of at least 4 members (excludes halogenated alkanes) is 2. The Morgan fingerprint density at radius 2 is 1.57 bits per heavy atom. The first-order chi connectivity index (χ1) is 18.0. The monoisotopic (exact) mass is 521 g/mol. The molecule has 0 amide bonds. The van der Waals surface area contributed by atoms with Crippen molar-refractivity contribution in [3.63, 3.8) is 0 Å². The fourth-order valence-corrected chi connectivity index (χ4v) is 5.91. The highest BCUT2D eigenvalue weighted by Gasteiger charge is 2.21. The number of hydrogen-bond donors (Lipinski definition) is 2. The van der Waals surface area contributed by atoms with E-state index in [1.807, 2.05) is 23.5 Å². The number of amidine groups is 1.